The molecule has 0 aliphatic rings. The van der Waals surface area contributed by atoms with Crippen LogP contribution < -0.4 is 4.74 Å². The summed E-state index contributed by atoms with van der Waals surface area (Å²) in [6, 6.07) is 20.6. The molecule has 0 unspecified atom stereocenters. The van der Waals surface area contributed by atoms with Crippen LogP contribution in [-0.2, 0) is 6.42 Å². The SMILES string of the molecule is c1ccc(-c2cc(OCCCCCc3nn[nH]n3)nc3ccccc23)cc1. The molecule has 4 rings (SSSR count). The van der Waals surface area contributed by atoms with Gasteiger partial charge < -0.3 is 4.74 Å². The van der Waals surface area contributed by atoms with E-state index in [0.29, 0.717) is 12.5 Å². The third-order valence-corrected chi connectivity index (χ3v) is 4.46. The summed E-state index contributed by atoms with van der Waals surface area (Å²) < 4.78 is 5.95. The average molecular weight is 359 g/mol. The van der Waals surface area contributed by atoms with Crippen molar-refractivity contribution in [3.8, 4) is 17.0 Å². The van der Waals surface area contributed by atoms with E-state index in [1.165, 1.54) is 5.56 Å². The molecule has 0 fully saturated rings. The lowest BCUT2D eigenvalue weighted by Crippen LogP contribution is -2.00. The number of pyridine rings is 1. The van der Waals surface area contributed by atoms with Gasteiger partial charge >= 0.3 is 0 Å². The van der Waals surface area contributed by atoms with Crippen molar-refractivity contribution in [2.24, 2.45) is 0 Å². The number of unbranched alkanes of at least 4 members (excludes halogenated alkanes) is 2. The average Bonchev–Trinajstić information content (AvgIpc) is 3.24. The summed E-state index contributed by atoms with van der Waals surface area (Å²) in [5.74, 6) is 1.44. The number of benzene rings is 2. The Labute approximate surface area is 157 Å². The summed E-state index contributed by atoms with van der Waals surface area (Å²) in [6.45, 7) is 0.645. The highest BCUT2D eigenvalue weighted by atomic mass is 16.5. The zero-order valence-electron chi connectivity index (χ0n) is 15.0. The molecule has 0 radical (unpaired) electrons. The fraction of sp³-hybridized carbons (Fsp3) is 0.238. The standard InChI is InChI=1S/C21H21N5O/c1-3-9-16(10-4-1)18-15-21(22-19-12-7-6-11-17(18)19)27-14-8-2-5-13-20-23-25-26-24-20/h1,3-4,6-7,9-12,15H,2,5,8,13-14H2,(H,23,24,25,26). The van der Waals surface area contributed by atoms with Gasteiger partial charge in [0.25, 0.3) is 0 Å². The molecule has 0 amide bonds. The maximum atomic E-state index is 5.95. The highest BCUT2D eigenvalue weighted by molar-refractivity contribution is 5.95. The first kappa shape index (κ1) is 17.1. The van der Waals surface area contributed by atoms with Crippen LogP contribution in [0, 0.1) is 0 Å². The highest BCUT2D eigenvalue weighted by Gasteiger charge is 2.08. The Morgan fingerprint density at radius 1 is 0.889 bits per heavy atom. The zero-order valence-corrected chi connectivity index (χ0v) is 15.0. The van der Waals surface area contributed by atoms with E-state index in [2.05, 4.69) is 55.9 Å². The van der Waals surface area contributed by atoms with Crippen LogP contribution >= 0.6 is 0 Å². The minimum Gasteiger partial charge on any atom is -0.478 e. The Hall–Kier alpha value is -3.28. The van der Waals surface area contributed by atoms with Gasteiger partial charge in [-0.25, -0.2) is 4.98 Å². The van der Waals surface area contributed by atoms with Crippen molar-refractivity contribution >= 4 is 10.9 Å². The molecule has 0 aliphatic carbocycles. The molecule has 136 valence electrons. The Morgan fingerprint density at radius 2 is 1.74 bits per heavy atom. The van der Waals surface area contributed by atoms with Crippen LogP contribution in [0.25, 0.3) is 22.0 Å². The van der Waals surface area contributed by atoms with E-state index in [0.717, 1.165) is 48.0 Å². The summed E-state index contributed by atoms with van der Waals surface area (Å²) in [7, 11) is 0. The normalized spacial score (nSPS) is 11.0. The molecular weight excluding hydrogens is 338 g/mol. The van der Waals surface area contributed by atoms with E-state index >= 15 is 0 Å². The second-order valence-electron chi connectivity index (χ2n) is 6.38. The van der Waals surface area contributed by atoms with E-state index in [9.17, 15) is 0 Å². The summed E-state index contributed by atoms with van der Waals surface area (Å²) in [6.07, 6.45) is 3.87. The second kappa shape index (κ2) is 8.40. The number of hydrogen-bond donors (Lipinski definition) is 1. The Bertz CT molecular complexity index is 986. The number of nitrogens with one attached hydrogen (secondary N) is 1. The van der Waals surface area contributed by atoms with E-state index in [1.54, 1.807) is 0 Å². The lowest BCUT2D eigenvalue weighted by atomic mass is 10.0. The summed E-state index contributed by atoms with van der Waals surface area (Å²) in [5.41, 5.74) is 3.26. The quantitative estimate of drug-likeness (QED) is 0.477. The molecule has 2 aromatic carbocycles. The van der Waals surface area contributed by atoms with Crippen molar-refractivity contribution in [1.82, 2.24) is 25.6 Å². The van der Waals surface area contributed by atoms with E-state index in [1.807, 2.05) is 30.3 Å². The number of nitrogens with zero attached hydrogens (tertiary/aromatic N) is 4. The Kier molecular flexibility index (Phi) is 5.34. The number of tetrazole rings is 1. The minimum absolute atomic E-state index is 0.645. The molecule has 0 aliphatic heterocycles. The number of rotatable bonds is 8. The number of aromatic amines is 1. The first-order chi connectivity index (χ1) is 13.4. The maximum absolute atomic E-state index is 5.95. The fourth-order valence-electron chi connectivity index (χ4n) is 3.11. The maximum Gasteiger partial charge on any atom is 0.214 e. The van der Waals surface area contributed by atoms with Crippen molar-refractivity contribution in [3.05, 3.63) is 66.5 Å². The predicted octanol–water partition coefficient (Wildman–Crippen LogP) is 4.21. The smallest absolute Gasteiger partial charge is 0.214 e. The van der Waals surface area contributed by atoms with Gasteiger partial charge in [-0.2, -0.15) is 5.21 Å². The predicted molar refractivity (Wildman–Crippen MR) is 104 cm³/mol. The molecule has 0 saturated heterocycles. The van der Waals surface area contributed by atoms with Crippen molar-refractivity contribution in [1.29, 1.82) is 0 Å². The van der Waals surface area contributed by atoms with Gasteiger partial charge in [0.05, 0.1) is 12.1 Å². The van der Waals surface area contributed by atoms with Crippen LogP contribution in [0.4, 0.5) is 0 Å². The molecule has 2 heterocycles. The zero-order chi connectivity index (χ0) is 18.3. The number of H-pyrrole nitrogens is 1. The third-order valence-electron chi connectivity index (χ3n) is 4.46. The van der Waals surface area contributed by atoms with Crippen molar-refractivity contribution in [3.63, 3.8) is 0 Å². The second-order valence-corrected chi connectivity index (χ2v) is 6.38. The van der Waals surface area contributed by atoms with Crippen molar-refractivity contribution in [2.75, 3.05) is 6.61 Å². The molecule has 4 aromatic rings. The first-order valence-corrected chi connectivity index (χ1v) is 9.20. The van der Waals surface area contributed by atoms with Gasteiger partial charge in [-0.3, -0.25) is 0 Å². The van der Waals surface area contributed by atoms with Crippen molar-refractivity contribution in [2.45, 2.75) is 25.7 Å². The molecule has 0 saturated carbocycles. The number of hydrogen-bond acceptors (Lipinski definition) is 5. The Morgan fingerprint density at radius 3 is 2.59 bits per heavy atom. The van der Waals surface area contributed by atoms with Crippen LogP contribution in [0.1, 0.15) is 25.1 Å². The van der Waals surface area contributed by atoms with Crippen LogP contribution in [0.2, 0.25) is 0 Å². The number of ether oxygens (including phenoxy) is 1. The Balaban J connectivity index is 1.41. The third kappa shape index (κ3) is 4.28. The summed E-state index contributed by atoms with van der Waals surface area (Å²) in [4.78, 5) is 4.67. The van der Waals surface area contributed by atoms with Crippen LogP contribution in [0.3, 0.4) is 0 Å². The molecule has 0 bridgehead atoms. The monoisotopic (exact) mass is 359 g/mol. The molecular formula is C21H21N5O. The number of para-hydroxylation sites is 1. The number of aryl methyl sites for hydroxylation is 1. The molecule has 6 nitrogen and oxygen atoms in total. The van der Waals surface area contributed by atoms with E-state index in [-0.39, 0.29) is 0 Å². The molecule has 2 aromatic heterocycles. The van der Waals surface area contributed by atoms with Gasteiger partial charge in [0.2, 0.25) is 5.88 Å². The van der Waals surface area contributed by atoms with Gasteiger partial charge in [0, 0.05) is 17.9 Å². The lowest BCUT2D eigenvalue weighted by Gasteiger charge is -2.11. The highest BCUT2D eigenvalue weighted by Crippen LogP contribution is 2.30. The molecule has 1 N–H and O–H groups in total. The molecule has 6 heteroatoms. The van der Waals surface area contributed by atoms with Gasteiger partial charge in [0.15, 0.2) is 5.82 Å². The number of fused-ring (bicyclic) bond motifs is 1. The molecule has 27 heavy (non-hydrogen) atoms. The van der Waals surface area contributed by atoms with E-state index in [4.69, 9.17) is 4.74 Å². The topological polar surface area (TPSA) is 76.6 Å². The lowest BCUT2D eigenvalue weighted by molar-refractivity contribution is 0.295. The minimum atomic E-state index is 0.645. The van der Waals surface area contributed by atoms with E-state index < -0.39 is 0 Å². The fourth-order valence-corrected chi connectivity index (χ4v) is 3.11. The summed E-state index contributed by atoms with van der Waals surface area (Å²) in [5, 5.41) is 15.1. The largest absolute Gasteiger partial charge is 0.478 e. The van der Waals surface area contributed by atoms with Gasteiger partial charge in [0.1, 0.15) is 0 Å². The molecule has 0 spiro atoms. The van der Waals surface area contributed by atoms with Crippen molar-refractivity contribution < 1.29 is 4.74 Å². The number of aromatic nitrogens is 5. The van der Waals surface area contributed by atoms with Gasteiger partial charge in [-0.1, -0.05) is 53.7 Å². The van der Waals surface area contributed by atoms with Crippen LogP contribution in [0.15, 0.2) is 60.7 Å². The van der Waals surface area contributed by atoms with Crippen LogP contribution in [0.5, 0.6) is 5.88 Å². The summed E-state index contributed by atoms with van der Waals surface area (Å²) >= 11 is 0. The molecule has 0 atom stereocenters. The van der Waals surface area contributed by atoms with Gasteiger partial charge in [-0.05, 0) is 36.5 Å². The van der Waals surface area contributed by atoms with Gasteiger partial charge in [-0.15, -0.1) is 10.2 Å². The van der Waals surface area contributed by atoms with Crippen LogP contribution in [-0.4, -0.2) is 32.2 Å². The first-order valence-electron chi connectivity index (χ1n) is 9.20.